The second-order valence-electron chi connectivity index (χ2n) is 3.94. The van der Waals surface area contributed by atoms with Crippen LogP contribution in [0.15, 0.2) is 35.7 Å². The highest BCUT2D eigenvalue weighted by Crippen LogP contribution is 2.36. The number of rotatable bonds is 6. The average molecular weight is 293 g/mol. The number of hydrogen-bond acceptors (Lipinski definition) is 6. The summed E-state index contributed by atoms with van der Waals surface area (Å²) in [5.74, 6) is 5.68. The molecule has 0 aliphatic heterocycles. The molecule has 1 heterocycles. The van der Waals surface area contributed by atoms with Crippen LogP contribution in [0.3, 0.4) is 0 Å². The maximum atomic E-state index is 11.5. The number of hydrazine groups is 1. The Balaban J connectivity index is 2.17. The van der Waals surface area contributed by atoms with E-state index in [-0.39, 0.29) is 17.6 Å². The number of H-pyrrole nitrogens is 1. The van der Waals surface area contributed by atoms with Crippen molar-refractivity contribution in [2.75, 3.05) is 7.11 Å². The first-order valence-electron chi connectivity index (χ1n) is 5.88. The van der Waals surface area contributed by atoms with Crippen LogP contribution in [-0.2, 0) is 4.79 Å². The maximum Gasteiger partial charge on any atom is 0.235 e. The van der Waals surface area contributed by atoms with Crippen molar-refractivity contribution >= 4 is 17.7 Å². The molecule has 0 aliphatic rings. The predicted molar refractivity (Wildman–Crippen MR) is 74.9 cm³/mol. The number of carbonyl (C=O) groups is 1. The molecule has 0 spiro atoms. The highest BCUT2D eigenvalue weighted by atomic mass is 32.2. The van der Waals surface area contributed by atoms with E-state index in [1.165, 1.54) is 18.1 Å². The zero-order valence-electron chi connectivity index (χ0n) is 10.9. The Labute approximate surface area is 120 Å². The van der Waals surface area contributed by atoms with Crippen LogP contribution in [0.5, 0.6) is 5.75 Å². The van der Waals surface area contributed by atoms with Crippen LogP contribution in [0.1, 0.15) is 17.2 Å². The molecule has 1 atom stereocenters. The van der Waals surface area contributed by atoms with Crippen LogP contribution in [0.2, 0.25) is 0 Å². The van der Waals surface area contributed by atoms with E-state index >= 15 is 0 Å². The van der Waals surface area contributed by atoms with Gasteiger partial charge in [0.25, 0.3) is 0 Å². The second kappa shape index (κ2) is 6.92. The summed E-state index contributed by atoms with van der Waals surface area (Å²) in [7, 11) is 1.61. The van der Waals surface area contributed by atoms with Crippen molar-refractivity contribution < 1.29 is 9.53 Å². The van der Waals surface area contributed by atoms with Gasteiger partial charge in [0.2, 0.25) is 5.91 Å². The van der Waals surface area contributed by atoms with E-state index in [4.69, 9.17) is 10.6 Å². The Morgan fingerprint density at radius 1 is 1.50 bits per heavy atom. The number of aromatic nitrogens is 3. The summed E-state index contributed by atoms with van der Waals surface area (Å²) in [6.45, 7) is 0. The smallest absolute Gasteiger partial charge is 0.235 e. The molecule has 0 radical (unpaired) electrons. The lowest BCUT2D eigenvalue weighted by atomic mass is 10.1. The zero-order valence-corrected chi connectivity index (χ0v) is 11.7. The van der Waals surface area contributed by atoms with E-state index in [2.05, 4.69) is 20.6 Å². The molecule has 7 nitrogen and oxygen atoms in total. The van der Waals surface area contributed by atoms with Gasteiger partial charge in [-0.25, -0.2) is 10.8 Å². The Morgan fingerprint density at radius 2 is 2.25 bits per heavy atom. The first-order valence-corrected chi connectivity index (χ1v) is 6.76. The van der Waals surface area contributed by atoms with Crippen molar-refractivity contribution in [1.82, 2.24) is 20.6 Å². The molecule has 0 fully saturated rings. The summed E-state index contributed by atoms with van der Waals surface area (Å²) in [6, 6.07) is 7.53. The summed E-state index contributed by atoms with van der Waals surface area (Å²) in [6.07, 6.45) is 1.67. The molecule has 4 N–H and O–H groups in total. The molecule has 8 heteroatoms. The summed E-state index contributed by atoms with van der Waals surface area (Å²) in [5, 5.41) is 7.09. The first-order chi connectivity index (χ1) is 9.72. The number of methoxy groups -OCH3 is 1. The van der Waals surface area contributed by atoms with Crippen LogP contribution < -0.4 is 16.0 Å². The molecule has 1 unspecified atom stereocenters. The molecular weight excluding hydrogens is 278 g/mol. The van der Waals surface area contributed by atoms with Crippen molar-refractivity contribution in [3.05, 3.63) is 36.2 Å². The normalized spacial score (nSPS) is 11.9. The molecule has 106 valence electrons. The van der Waals surface area contributed by atoms with Gasteiger partial charge in [0.15, 0.2) is 5.16 Å². The number of thioether (sulfide) groups is 1. The van der Waals surface area contributed by atoms with Gasteiger partial charge in [0, 0.05) is 11.7 Å². The minimum absolute atomic E-state index is 0.114. The van der Waals surface area contributed by atoms with E-state index in [1.54, 1.807) is 7.11 Å². The van der Waals surface area contributed by atoms with Crippen LogP contribution in [0, 0.1) is 0 Å². The molecule has 0 saturated heterocycles. The predicted octanol–water partition coefficient (Wildman–Crippen LogP) is 1.03. The molecule has 0 aliphatic carbocycles. The van der Waals surface area contributed by atoms with Crippen molar-refractivity contribution in [1.29, 1.82) is 0 Å². The highest BCUT2D eigenvalue weighted by Gasteiger charge is 2.18. The van der Waals surface area contributed by atoms with Gasteiger partial charge in [-0.15, -0.1) is 0 Å². The number of aromatic amines is 1. The van der Waals surface area contributed by atoms with Crippen molar-refractivity contribution in [2.24, 2.45) is 5.84 Å². The van der Waals surface area contributed by atoms with Gasteiger partial charge in [-0.3, -0.25) is 15.3 Å². The topological polar surface area (TPSA) is 106 Å². The number of hydrogen-bond donors (Lipinski definition) is 3. The van der Waals surface area contributed by atoms with Crippen molar-refractivity contribution in [3.8, 4) is 5.75 Å². The lowest BCUT2D eigenvalue weighted by Crippen LogP contribution is -2.30. The van der Waals surface area contributed by atoms with Gasteiger partial charge in [-0.2, -0.15) is 5.10 Å². The Bertz CT molecular complexity index is 543. The van der Waals surface area contributed by atoms with Gasteiger partial charge in [-0.05, 0) is 17.7 Å². The third-order valence-electron chi connectivity index (χ3n) is 2.67. The molecule has 1 aromatic heterocycles. The molecule has 2 rings (SSSR count). The van der Waals surface area contributed by atoms with Crippen LogP contribution in [0.4, 0.5) is 0 Å². The summed E-state index contributed by atoms with van der Waals surface area (Å²) < 4.78 is 5.12. The highest BCUT2D eigenvalue weighted by molar-refractivity contribution is 7.99. The van der Waals surface area contributed by atoms with E-state index < -0.39 is 0 Å². The molecule has 2 aromatic rings. The number of amides is 1. The van der Waals surface area contributed by atoms with Crippen LogP contribution in [0.25, 0.3) is 0 Å². The summed E-state index contributed by atoms with van der Waals surface area (Å²) in [5.41, 5.74) is 3.13. The number of nitrogens with two attached hydrogens (primary N) is 1. The minimum atomic E-state index is -0.238. The largest absolute Gasteiger partial charge is 0.497 e. The number of nitrogens with one attached hydrogen (secondary N) is 2. The fraction of sp³-hybridized carbons (Fsp3) is 0.250. The third-order valence-corrected chi connectivity index (χ3v) is 3.81. The van der Waals surface area contributed by atoms with Gasteiger partial charge >= 0.3 is 0 Å². The molecule has 1 aromatic carbocycles. The average Bonchev–Trinajstić information content (AvgIpc) is 2.99. The van der Waals surface area contributed by atoms with E-state index in [0.29, 0.717) is 5.16 Å². The quantitative estimate of drug-likeness (QED) is 0.318. The van der Waals surface area contributed by atoms with E-state index in [0.717, 1.165) is 11.3 Å². The fourth-order valence-electron chi connectivity index (χ4n) is 1.66. The molecular formula is C12H15N5O2S. The van der Waals surface area contributed by atoms with Gasteiger partial charge in [0.1, 0.15) is 12.1 Å². The SMILES string of the molecule is COc1ccc(C(CC(=O)NN)Sc2ncn[nH]2)cc1. The molecule has 1 amide bonds. The van der Waals surface area contributed by atoms with Gasteiger partial charge in [-0.1, -0.05) is 23.9 Å². The number of ether oxygens (including phenoxy) is 1. The lowest BCUT2D eigenvalue weighted by molar-refractivity contribution is -0.121. The molecule has 0 bridgehead atoms. The third kappa shape index (κ3) is 3.72. The van der Waals surface area contributed by atoms with Crippen LogP contribution >= 0.6 is 11.8 Å². The molecule has 0 saturated carbocycles. The molecule has 20 heavy (non-hydrogen) atoms. The standard InChI is InChI=1S/C12H15N5O2S/c1-19-9-4-2-8(3-5-9)10(6-11(18)16-13)20-12-14-7-15-17-12/h2-5,7,10H,6,13H2,1H3,(H,16,18)(H,14,15,17). The summed E-state index contributed by atoms with van der Waals surface area (Å²) in [4.78, 5) is 15.6. The monoisotopic (exact) mass is 293 g/mol. The number of nitrogens with zero attached hydrogens (tertiary/aromatic N) is 2. The Hall–Kier alpha value is -2.06. The first kappa shape index (κ1) is 14.4. The van der Waals surface area contributed by atoms with Crippen LogP contribution in [-0.4, -0.2) is 28.2 Å². The zero-order chi connectivity index (χ0) is 14.4. The minimum Gasteiger partial charge on any atom is -0.497 e. The lowest BCUT2D eigenvalue weighted by Gasteiger charge is -2.15. The maximum absolute atomic E-state index is 11.5. The Kier molecular flexibility index (Phi) is 4.97. The van der Waals surface area contributed by atoms with Gasteiger partial charge in [0.05, 0.1) is 7.11 Å². The van der Waals surface area contributed by atoms with Gasteiger partial charge < -0.3 is 4.74 Å². The fourth-order valence-corrected chi connectivity index (χ4v) is 2.67. The number of benzene rings is 1. The van der Waals surface area contributed by atoms with Crippen molar-refractivity contribution in [2.45, 2.75) is 16.8 Å². The second-order valence-corrected chi connectivity index (χ2v) is 5.13. The number of carbonyl (C=O) groups excluding carboxylic acids is 1. The van der Waals surface area contributed by atoms with E-state index in [9.17, 15) is 4.79 Å². The van der Waals surface area contributed by atoms with E-state index in [1.807, 2.05) is 24.3 Å². The van der Waals surface area contributed by atoms with Crippen molar-refractivity contribution in [3.63, 3.8) is 0 Å². The Morgan fingerprint density at radius 3 is 2.80 bits per heavy atom. The summed E-state index contributed by atoms with van der Waals surface area (Å²) >= 11 is 1.42.